The van der Waals surface area contributed by atoms with Gasteiger partial charge in [-0.1, -0.05) is 30.9 Å². The van der Waals surface area contributed by atoms with Gasteiger partial charge in [-0.3, -0.25) is 0 Å². The van der Waals surface area contributed by atoms with Gasteiger partial charge in [0.05, 0.1) is 18.3 Å². The molecular formula is C9H13ClN2OS. The van der Waals surface area contributed by atoms with Gasteiger partial charge in [0.15, 0.2) is 0 Å². The van der Waals surface area contributed by atoms with Crippen LogP contribution in [-0.2, 0) is 0 Å². The number of hydrogen-bond donors (Lipinski definition) is 0. The van der Waals surface area contributed by atoms with Crippen LogP contribution in [0.25, 0.3) is 0 Å². The Bertz CT molecular complexity index is 286. The summed E-state index contributed by atoms with van der Waals surface area (Å²) in [7, 11) is 0. The Balaban J connectivity index is 1.79. The second-order valence-corrected chi connectivity index (χ2v) is 4.56. The van der Waals surface area contributed by atoms with Gasteiger partial charge in [-0.15, -0.1) is 4.37 Å². The molecule has 0 N–H and O–H groups in total. The van der Waals surface area contributed by atoms with Crippen LogP contribution >= 0.6 is 23.3 Å². The van der Waals surface area contributed by atoms with Gasteiger partial charge in [-0.2, -0.15) is 4.37 Å². The van der Waals surface area contributed by atoms with E-state index < -0.39 is 0 Å². The van der Waals surface area contributed by atoms with Crippen molar-refractivity contribution in [3.8, 4) is 5.88 Å². The summed E-state index contributed by atoms with van der Waals surface area (Å²) >= 11 is 6.87. The maximum atomic E-state index is 5.77. The molecule has 0 radical (unpaired) electrons. The smallest absolute Gasteiger partial charge is 0.265 e. The van der Waals surface area contributed by atoms with E-state index in [0.717, 1.165) is 18.3 Å². The zero-order valence-corrected chi connectivity index (χ0v) is 9.48. The van der Waals surface area contributed by atoms with Gasteiger partial charge in [-0.25, -0.2) is 0 Å². The van der Waals surface area contributed by atoms with E-state index >= 15 is 0 Å². The molecule has 1 aliphatic rings. The first-order valence-corrected chi connectivity index (χ1v) is 6.08. The second-order valence-electron chi connectivity index (χ2n) is 3.68. The van der Waals surface area contributed by atoms with Crippen LogP contribution in [0, 0.1) is 5.92 Å². The van der Waals surface area contributed by atoms with Crippen LogP contribution in [-0.4, -0.2) is 15.4 Å². The van der Waals surface area contributed by atoms with Crippen LogP contribution < -0.4 is 4.74 Å². The van der Waals surface area contributed by atoms with Crippen molar-refractivity contribution in [1.82, 2.24) is 8.75 Å². The van der Waals surface area contributed by atoms with E-state index in [4.69, 9.17) is 16.3 Å². The van der Waals surface area contributed by atoms with Gasteiger partial charge in [0.1, 0.15) is 0 Å². The predicted molar refractivity (Wildman–Crippen MR) is 57.0 cm³/mol. The lowest BCUT2D eigenvalue weighted by Crippen LogP contribution is -2.15. The highest BCUT2D eigenvalue weighted by Crippen LogP contribution is 2.26. The minimum Gasteiger partial charge on any atom is -0.475 e. The topological polar surface area (TPSA) is 35.0 Å². The lowest BCUT2D eigenvalue weighted by atomic mass is 9.90. The Morgan fingerprint density at radius 1 is 1.29 bits per heavy atom. The second kappa shape index (κ2) is 4.94. The van der Waals surface area contributed by atoms with Crippen molar-refractivity contribution < 1.29 is 4.74 Å². The molecule has 0 aliphatic heterocycles. The van der Waals surface area contributed by atoms with Gasteiger partial charge >= 0.3 is 0 Å². The average Bonchev–Trinajstić information content (AvgIpc) is 2.63. The number of halogens is 1. The molecule has 0 amide bonds. The van der Waals surface area contributed by atoms with Crippen molar-refractivity contribution in [3.05, 3.63) is 5.15 Å². The summed E-state index contributed by atoms with van der Waals surface area (Å²) in [5, 5.41) is 0.394. The third-order valence-corrected chi connectivity index (χ3v) is 3.46. The largest absolute Gasteiger partial charge is 0.475 e. The van der Waals surface area contributed by atoms with Crippen LogP contribution in [0.2, 0.25) is 5.15 Å². The van der Waals surface area contributed by atoms with Crippen LogP contribution in [0.3, 0.4) is 0 Å². The van der Waals surface area contributed by atoms with Crippen LogP contribution in [0.1, 0.15) is 32.1 Å². The first kappa shape index (κ1) is 10.2. The van der Waals surface area contributed by atoms with E-state index in [-0.39, 0.29) is 0 Å². The summed E-state index contributed by atoms with van der Waals surface area (Å²) in [6, 6.07) is 0. The number of rotatable bonds is 3. The standard InChI is InChI=1S/C9H13ClN2OS/c10-8-9(12-14-11-8)13-6-7-4-2-1-3-5-7/h7H,1-6H2. The molecule has 1 aromatic heterocycles. The first-order valence-electron chi connectivity index (χ1n) is 4.97. The van der Waals surface area contributed by atoms with E-state index in [2.05, 4.69) is 8.75 Å². The van der Waals surface area contributed by atoms with Gasteiger partial charge in [-0.05, 0) is 18.8 Å². The zero-order valence-electron chi connectivity index (χ0n) is 7.91. The Morgan fingerprint density at radius 2 is 2.07 bits per heavy atom. The average molecular weight is 233 g/mol. The normalized spacial score (nSPS) is 18.4. The van der Waals surface area contributed by atoms with Gasteiger partial charge in [0.2, 0.25) is 5.15 Å². The number of nitrogens with zero attached hydrogens (tertiary/aromatic N) is 2. The van der Waals surface area contributed by atoms with Gasteiger partial charge < -0.3 is 4.74 Å². The number of hydrogen-bond acceptors (Lipinski definition) is 4. The van der Waals surface area contributed by atoms with Crippen LogP contribution in [0.15, 0.2) is 0 Å². The molecular weight excluding hydrogens is 220 g/mol. The van der Waals surface area contributed by atoms with E-state index in [9.17, 15) is 0 Å². The molecule has 1 aliphatic carbocycles. The van der Waals surface area contributed by atoms with Crippen molar-refractivity contribution >= 4 is 23.3 Å². The van der Waals surface area contributed by atoms with Gasteiger partial charge in [0, 0.05) is 0 Å². The summed E-state index contributed by atoms with van der Waals surface area (Å²) in [4.78, 5) is 0. The summed E-state index contributed by atoms with van der Waals surface area (Å²) in [6.45, 7) is 0.741. The third kappa shape index (κ3) is 2.58. The van der Waals surface area contributed by atoms with Crippen molar-refractivity contribution in [2.75, 3.05) is 6.61 Å². The van der Waals surface area contributed by atoms with Crippen molar-refractivity contribution in [3.63, 3.8) is 0 Å². The monoisotopic (exact) mass is 232 g/mol. The molecule has 0 spiro atoms. The molecule has 0 bridgehead atoms. The summed E-state index contributed by atoms with van der Waals surface area (Å²) < 4.78 is 13.3. The molecule has 0 saturated heterocycles. The molecule has 0 atom stereocenters. The van der Waals surface area contributed by atoms with Crippen molar-refractivity contribution in [2.24, 2.45) is 5.92 Å². The summed E-state index contributed by atoms with van der Waals surface area (Å²) in [6.07, 6.45) is 6.58. The minimum atomic E-state index is 0.394. The molecule has 5 heteroatoms. The Morgan fingerprint density at radius 3 is 2.71 bits per heavy atom. The maximum Gasteiger partial charge on any atom is 0.265 e. The fraction of sp³-hybridized carbons (Fsp3) is 0.778. The highest BCUT2D eigenvalue weighted by Gasteiger charge is 2.15. The fourth-order valence-corrected chi connectivity index (χ4v) is 2.45. The molecule has 0 unspecified atom stereocenters. The highest BCUT2D eigenvalue weighted by atomic mass is 35.5. The molecule has 2 rings (SSSR count). The minimum absolute atomic E-state index is 0.394. The lowest BCUT2D eigenvalue weighted by molar-refractivity contribution is 0.204. The molecule has 14 heavy (non-hydrogen) atoms. The quantitative estimate of drug-likeness (QED) is 0.803. The summed E-state index contributed by atoms with van der Waals surface area (Å²) in [5.74, 6) is 1.18. The van der Waals surface area contributed by atoms with E-state index in [1.807, 2.05) is 0 Å². The molecule has 78 valence electrons. The summed E-state index contributed by atoms with van der Waals surface area (Å²) in [5.41, 5.74) is 0. The van der Waals surface area contributed by atoms with E-state index in [1.165, 1.54) is 32.1 Å². The number of aromatic nitrogens is 2. The third-order valence-electron chi connectivity index (χ3n) is 2.60. The zero-order chi connectivity index (χ0) is 9.80. The SMILES string of the molecule is Clc1nsnc1OCC1CCCCC1. The first-order chi connectivity index (χ1) is 6.86. The van der Waals surface area contributed by atoms with Crippen LogP contribution in [0.4, 0.5) is 0 Å². The Labute approximate surface area is 92.8 Å². The molecule has 1 heterocycles. The molecule has 1 fully saturated rings. The maximum absolute atomic E-state index is 5.77. The number of ether oxygens (including phenoxy) is 1. The fourth-order valence-electron chi connectivity index (χ4n) is 1.81. The Kier molecular flexibility index (Phi) is 3.59. The molecule has 1 aromatic rings. The highest BCUT2D eigenvalue weighted by molar-refractivity contribution is 6.99. The van der Waals surface area contributed by atoms with E-state index in [1.54, 1.807) is 0 Å². The predicted octanol–water partition coefficient (Wildman–Crippen LogP) is 3.15. The Hall–Kier alpha value is -0.350. The molecule has 0 aromatic carbocycles. The molecule has 1 saturated carbocycles. The lowest BCUT2D eigenvalue weighted by Gasteiger charge is -2.20. The van der Waals surface area contributed by atoms with Crippen molar-refractivity contribution in [2.45, 2.75) is 32.1 Å². The van der Waals surface area contributed by atoms with Crippen molar-refractivity contribution in [1.29, 1.82) is 0 Å². The van der Waals surface area contributed by atoms with Crippen LogP contribution in [0.5, 0.6) is 5.88 Å². The molecule has 3 nitrogen and oxygen atoms in total. The van der Waals surface area contributed by atoms with Gasteiger partial charge in [0.25, 0.3) is 5.88 Å². The van der Waals surface area contributed by atoms with E-state index in [0.29, 0.717) is 17.0 Å².